The number of halogens is 1. The highest BCUT2D eigenvalue weighted by molar-refractivity contribution is 7.15. The summed E-state index contributed by atoms with van der Waals surface area (Å²) in [5, 5.41) is 11.8. The van der Waals surface area contributed by atoms with Crippen molar-refractivity contribution in [2.45, 2.75) is 19.4 Å². The van der Waals surface area contributed by atoms with Crippen LogP contribution in [0.25, 0.3) is 0 Å². The van der Waals surface area contributed by atoms with Gasteiger partial charge in [0, 0.05) is 12.6 Å². The van der Waals surface area contributed by atoms with E-state index >= 15 is 0 Å². The van der Waals surface area contributed by atoms with Crippen molar-refractivity contribution in [3.63, 3.8) is 0 Å². The molecule has 1 atom stereocenters. The monoisotopic (exact) mass is 340 g/mol. The van der Waals surface area contributed by atoms with Crippen molar-refractivity contribution in [3.8, 4) is 5.88 Å². The van der Waals surface area contributed by atoms with Crippen LogP contribution in [0.1, 0.15) is 21.8 Å². The zero-order chi connectivity index (χ0) is 15.5. The molecular weight excluding hydrogens is 328 g/mol. The minimum absolute atomic E-state index is 0.0472. The van der Waals surface area contributed by atoms with Crippen LogP contribution in [0.5, 0.6) is 5.88 Å². The lowest BCUT2D eigenvalue weighted by molar-refractivity contribution is 0.102. The van der Waals surface area contributed by atoms with Gasteiger partial charge in [-0.3, -0.25) is 10.1 Å². The lowest BCUT2D eigenvalue weighted by Gasteiger charge is -2.12. The van der Waals surface area contributed by atoms with Gasteiger partial charge in [-0.25, -0.2) is 4.98 Å². The molecule has 1 aliphatic rings. The van der Waals surface area contributed by atoms with E-state index < -0.39 is 0 Å². The average Bonchev–Trinajstić information content (AvgIpc) is 3.13. The normalized spacial score (nSPS) is 17.5. The molecule has 116 valence electrons. The molecule has 1 aliphatic heterocycles. The van der Waals surface area contributed by atoms with Gasteiger partial charge in [-0.1, -0.05) is 22.9 Å². The van der Waals surface area contributed by atoms with Gasteiger partial charge in [0.05, 0.1) is 18.8 Å². The fraction of sp³-hybridized carbons (Fsp3) is 0.385. The van der Waals surface area contributed by atoms with Crippen LogP contribution in [0, 0.1) is 6.92 Å². The molecule has 0 saturated carbocycles. The van der Waals surface area contributed by atoms with Gasteiger partial charge in [0.1, 0.15) is 16.1 Å². The molecule has 7 nitrogen and oxygen atoms in total. The predicted octanol–water partition coefficient (Wildman–Crippen LogP) is 2.31. The molecule has 2 aromatic heterocycles. The highest BCUT2D eigenvalue weighted by atomic mass is 35.5. The van der Waals surface area contributed by atoms with Gasteiger partial charge in [-0.2, -0.15) is 0 Å². The van der Waals surface area contributed by atoms with Crippen LogP contribution in [-0.2, 0) is 4.74 Å². The predicted molar refractivity (Wildman–Crippen MR) is 81.7 cm³/mol. The molecule has 0 bridgehead atoms. The Balaban J connectivity index is 1.69. The zero-order valence-corrected chi connectivity index (χ0v) is 13.3. The van der Waals surface area contributed by atoms with Crippen molar-refractivity contribution in [2.75, 3.05) is 18.5 Å². The van der Waals surface area contributed by atoms with E-state index in [4.69, 9.17) is 21.1 Å². The van der Waals surface area contributed by atoms with Crippen LogP contribution in [0.4, 0.5) is 5.13 Å². The molecule has 0 aliphatic carbocycles. The fourth-order valence-corrected chi connectivity index (χ4v) is 2.71. The molecule has 3 rings (SSSR count). The number of anilines is 1. The second-order valence-electron chi connectivity index (χ2n) is 4.69. The van der Waals surface area contributed by atoms with Crippen LogP contribution in [-0.4, -0.2) is 40.4 Å². The summed E-state index contributed by atoms with van der Waals surface area (Å²) < 4.78 is 10.9. The number of aryl methyl sites for hydroxylation is 1. The molecule has 1 amide bonds. The Bertz CT molecular complexity index is 688. The Hall–Kier alpha value is -1.77. The van der Waals surface area contributed by atoms with Gasteiger partial charge in [0.15, 0.2) is 0 Å². The number of hydrogen-bond acceptors (Lipinski definition) is 7. The Kier molecular flexibility index (Phi) is 4.51. The van der Waals surface area contributed by atoms with Gasteiger partial charge < -0.3 is 9.47 Å². The zero-order valence-electron chi connectivity index (χ0n) is 11.7. The third-order valence-corrected chi connectivity index (χ3v) is 4.01. The number of pyridine rings is 1. The summed E-state index contributed by atoms with van der Waals surface area (Å²) in [5.41, 5.74) is 0.327. The molecule has 0 unspecified atom stereocenters. The molecule has 3 heterocycles. The van der Waals surface area contributed by atoms with Gasteiger partial charge in [-0.15, -0.1) is 10.2 Å². The number of hydrogen-bond donors (Lipinski definition) is 1. The standard InChI is InChI=1S/C13H13ClN4O3S/c1-7-17-18-13(22-7)16-11(19)8-4-10(14)12(15-5-8)21-9-2-3-20-6-9/h4-5,9H,2-3,6H2,1H3,(H,16,18,19)/t9-/m1/s1. The smallest absolute Gasteiger partial charge is 0.259 e. The maximum atomic E-state index is 12.1. The van der Waals surface area contributed by atoms with E-state index in [1.54, 1.807) is 0 Å². The minimum atomic E-state index is -0.346. The quantitative estimate of drug-likeness (QED) is 0.919. The van der Waals surface area contributed by atoms with Crippen LogP contribution in [0.2, 0.25) is 5.02 Å². The van der Waals surface area contributed by atoms with E-state index in [1.807, 2.05) is 6.92 Å². The summed E-state index contributed by atoms with van der Waals surface area (Å²) in [6, 6.07) is 1.52. The highest BCUT2D eigenvalue weighted by Crippen LogP contribution is 2.25. The van der Waals surface area contributed by atoms with E-state index in [0.29, 0.717) is 29.8 Å². The first-order chi connectivity index (χ1) is 10.6. The summed E-state index contributed by atoms with van der Waals surface area (Å²) in [4.78, 5) is 16.2. The van der Waals surface area contributed by atoms with E-state index in [9.17, 15) is 4.79 Å². The van der Waals surface area contributed by atoms with Crippen molar-refractivity contribution in [1.82, 2.24) is 15.2 Å². The number of ether oxygens (including phenoxy) is 2. The Morgan fingerprint density at radius 3 is 3.05 bits per heavy atom. The molecule has 1 saturated heterocycles. The molecule has 1 N–H and O–H groups in total. The molecule has 0 radical (unpaired) electrons. The maximum absolute atomic E-state index is 12.1. The number of nitrogens with zero attached hydrogens (tertiary/aromatic N) is 3. The van der Waals surface area contributed by atoms with E-state index in [2.05, 4.69) is 20.5 Å². The number of nitrogens with one attached hydrogen (secondary N) is 1. The Morgan fingerprint density at radius 1 is 1.55 bits per heavy atom. The summed E-state index contributed by atoms with van der Waals surface area (Å²) in [5.74, 6) is -0.0400. The summed E-state index contributed by atoms with van der Waals surface area (Å²) in [7, 11) is 0. The van der Waals surface area contributed by atoms with Crippen LogP contribution in [0.15, 0.2) is 12.3 Å². The van der Waals surface area contributed by atoms with Gasteiger partial charge in [0.25, 0.3) is 5.91 Å². The molecule has 0 aromatic carbocycles. The van der Waals surface area contributed by atoms with E-state index in [-0.39, 0.29) is 17.0 Å². The largest absolute Gasteiger partial charge is 0.471 e. The first kappa shape index (κ1) is 15.1. The molecule has 2 aromatic rings. The first-order valence-electron chi connectivity index (χ1n) is 6.63. The number of aromatic nitrogens is 3. The Morgan fingerprint density at radius 2 is 2.41 bits per heavy atom. The highest BCUT2D eigenvalue weighted by Gasteiger charge is 2.20. The Labute approximate surface area is 135 Å². The number of amides is 1. The van der Waals surface area contributed by atoms with Crippen LogP contribution in [0.3, 0.4) is 0 Å². The average molecular weight is 341 g/mol. The SMILES string of the molecule is Cc1nnc(NC(=O)c2cnc(O[C@@H]3CCOC3)c(Cl)c2)s1. The number of carbonyl (C=O) groups excluding carboxylic acids is 1. The van der Waals surface area contributed by atoms with Crippen molar-refractivity contribution < 1.29 is 14.3 Å². The van der Waals surface area contributed by atoms with Gasteiger partial charge >= 0.3 is 0 Å². The maximum Gasteiger partial charge on any atom is 0.259 e. The minimum Gasteiger partial charge on any atom is -0.471 e. The van der Waals surface area contributed by atoms with Crippen molar-refractivity contribution in [2.24, 2.45) is 0 Å². The van der Waals surface area contributed by atoms with Crippen molar-refractivity contribution in [3.05, 3.63) is 27.9 Å². The van der Waals surface area contributed by atoms with Crippen molar-refractivity contribution >= 4 is 34.0 Å². The van der Waals surface area contributed by atoms with Crippen molar-refractivity contribution in [1.29, 1.82) is 0 Å². The molecule has 9 heteroatoms. The number of rotatable bonds is 4. The van der Waals surface area contributed by atoms with E-state index in [1.165, 1.54) is 23.6 Å². The summed E-state index contributed by atoms with van der Waals surface area (Å²) in [6.45, 7) is 3.01. The first-order valence-corrected chi connectivity index (χ1v) is 7.82. The second kappa shape index (κ2) is 6.55. The third-order valence-electron chi connectivity index (χ3n) is 2.98. The third kappa shape index (κ3) is 3.52. The molecule has 22 heavy (non-hydrogen) atoms. The van der Waals surface area contributed by atoms with E-state index in [0.717, 1.165) is 11.4 Å². The summed E-state index contributed by atoms with van der Waals surface area (Å²) in [6.07, 6.45) is 2.17. The lowest BCUT2D eigenvalue weighted by atomic mass is 10.2. The second-order valence-corrected chi connectivity index (χ2v) is 6.28. The lowest BCUT2D eigenvalue weighted by Crippen LogP contribution is -2.17. The fourth-order valence-electron chi connectivity index (χ4n) is 1.92. The van der Waals surface area contributed by atoms with Gasteiger partial charge in [-0.05, 0) is 13.0 Å². The molecular formula is C13H13ClN4O3S. The topological polar surface area (TPSA) is 86.2 Å². The molecule has 1 fully saturated rings. The van der Waals surface area contributed by atoms with Crippen LogP contribution < -0.4 is 10.1 Å². The van der Waals surface area contributed by atoms with Gasteiger partial charge in [0.2, 0.25) is 11.0 Å². The summed E-state index contributed by atoms with van der Waals surface area (Å²) >= 11 is 7.42. The number of carbonyl (C=O) groups is 1. The van der Waals surface area contributed by atoms with Crippen LogP contribution >= 0.6 is 22.9 Å². The molecule has 0 spiro atoms.